The summed E-state index contributed by atoms with van der Waals surface area (Å²) in [6.45, 7) is 0. The van der Waals surface area contributed by atoms with Gasteiger partial charge in [-0.25, -0.2) is 15.0 Å². The first kappa shape index (κ1) is 29.5. The van der Waals surface area contributed by atoms with Crippen LogP contribution >= 0.6 is 11.3 Å². The van der Waals surface area contributed by atoms with Crippen molar-refractivity contribution in [1.82, 2.24) is 19.5 Å². The highest BCUT2D eigenvalue weighted by molar-refractivity contribution is 7.26. The van der Waals surface area contributed by atoms with Crippen molar-refractivity contribution in [1.29, 1.82) is 0 Å². The Labute approximate surface area is 299 Å². The Morgan fingerprint density at radius 2 is 1.06 bits per heavy atom. The highest BCUT2D eigenvalue weighted by Gasteiger charge is 2.20. The SMILES string of the molecule is c1ccc(-c2ccc(-n3c4ccccc4c4c5sc6ccccc6c5ccc43)c(Cc3nc(-c4ccccc4)nc(-c4ccccc4)n3)c2)cc1. The second-order valence-electron chi connectivity index (χ2n) is 12.8. The monoisotopic (exact) mass is 670 g/mol. The van der Waals surface area contributed by atoms with Crippen LogP contribution in [0.1, 0.15) is 11.4 Å². The first-order chi connectivity index (χ1) is 25.3. The molecule has 3 heterocycles. The van der Waals surface area contributed by atoms with Gasteiger partial charge in [-0.05, 0) is 47.0 Å². The normalized spacial score (nSPS) is 11.6. The average molecular weight is 671 g/mol. The van der Waals surface area contributed by atoms with Crippen molar-refractivity contribution in [2.45, 2.75) is 6.42 Å². The Balaban J connectivity index is 1.22. The summed E-state index contributed by atoms with van der Waals surface area (Å²) >= 11 is 1.88. The van der Waals surface area contributed by atoms with Gasteiger partial charge in [-0.3, -0.25) is 0 Å². The minimum absolute atomic E-state index is 0.525. The molecule has 4 nitrogen and oxygen atoms in total. The second-order valence-corrected chi connectivity index (χ2v) is 13.9. The molecule has 10 aromatic rings. The van der Waals surface area contributed by atoms with Crippen LogP contribution < -0.4 is 0 Å². The van der Waals surface area contributed by atoms with Crippen LogP contribution in [0.25, 0.3) is 81.6 Å². The van der Waals surface area contributed by atoms with Gasteiger partial charge in [0.2, 0.25) is 0 Å². The van der Waals surface area contributed by atoms with E-state index in [0.29, 0.717) is 18.1 Å². The fourth-order valence-corrected chi connectivity index (χ4v) is 8.61. The number of aromatic nitrogens is 4. The summed E-state index contributed by atoms with van der Waals surface area (Å²) in [5.74, 6) is 2.07. The van der Waals surface area contributed by atoms with Crippen molar-refractivity contribution < 1.29 is 0 Å². The fourth-order valence-electron chi connectivity index (χ4n) is 7.35. The van der Waals surface area contributed by atoms with Crippen LogP contribution in [0.15, 0.2) is 170 Å². The molecule has 0 saturated heterocycles. The Kier molecular flexibility index (Phi) is 7.03. The summed E-state index contributed by atoms with van der Waals surface area (Å²) < 4.78 is 5.07. The Morgan fingerprint density at radius 3 is 1.76 bits per heavy atom. The molecule has 0 aliphatic carbocycles. The number of fused-ring (bicyclic) bond motifs is 7. The van der Waals surface area contributed by atoms with Gasteiger partial charge in [0.1, 0.15) is 5.82 Å². The predicted octanol–water partition coefficient (Wildman–Crippen LogP) is 11.9. The van der Waals surface area contributed by atoms with Gasteiger partial charge in [0.05, 0.1) is 11.0 Å². The lowest BCUT2D eigenvalue weighted by Gasteiger charge is -2.16. The molecule has 5 heteroatoms. The molecule has 0 atom stereocenters. The van der Waals surface area contributed by atoms with Gasteiger partial charge in [-0.2, -0.15) is 0 Å². The van der Waals surface area contributed by atoms with E-state index in [0.717, 1.165) is 33.8 Å². The summed E-state index contributed by atoms with van der Waals surface area (Å²) in [6, 6.07) is 59.9. The third kappa shape index (κ3) is 5.09. The second kappa shape index (κ2) is 12.2. The number of para-hydroxylation sites is 1. The number of hydrogen-bond acceptors (Lipinski definition) is 4. The topological polar surface area (TPSA) is 43.6 Å². The molecule has 3 aromatic heterocycles. The van der Waals surface area contributed by atoms with Crippen molar-refractivity contribution in [3.8, 4) is 39.6 Å². The standard InChI is InChI=1S/C46H30N4S/c1-4-14-30(15-5-1)33-24-26-38(34(28-33)29-42-47-45(31-16-6-2-7-17-31)49-46(48-42)32-18-8-3-9-19-32)50-39-22-12-10-21-37(39)43-40(50)27-25-36-35-20-11-13-23-41(35)51-44(36)43/h1-28H,29H2. The molecule has 0 unspecified atom stereocenters. The van der Waals surface area contributed by atoms with E-state index < -0.39 is 0 Å². The number of thiophene rings is 1. The van der Waals surface area contributed by atoms with Crippen LogP contribution in [0, 0.1) is 0 Å². The smallest absolute Gasteiger partial charge is 0.163 e. The van der Waals surface area contributed by atoms with Gasteiger partial charge in [0.15, 0.2) is 11.6 Å². The highest BCUT2D eigenvalue weighted by Crippen LogP contribution is 2.44. The number of hydrogen-bond donors (Lipinski definition) is 0. The lowest BCUT2D eigenvalue weighted by Crippen LogP contribution is -2.07. The molecular formula is C46H30N4S. The zero-order valence-corrected chi connectivity index (χ0v) is 28.4. The van der Waals surface area contributed by atoms with E-state index in [1.54, 1.807) is 0 Å². The van der Waals surface area contributed by atoms with Gasteiger partial charge < -0.3 is 4.57 Å². The Hall–Kier alpha value is -6.43. The van der Waals surface area contributed by atoms with Gasteiger partial charge >= 0.3 is 0 Å². The summed E-state index contributed by atoms with van der Waals surface area (Å²) in [6.07, 6.45) is 0.525. The van der Waals surface area contributed by atoms with E-state index in [4.69, 9.17) is 15.0 Å². The van der Waals surface area contributed by atoms with Crippen molar-refractivity contribution in [2.24, 2.45) is 0 Å². The largest absolute Gasteiger partial charge is 0.309 e. The van der Waals surface area contributed by atoms with E-state index in [1.807, 2.05) is 47.7 Å². The maximum atomic E-state index is 5.11. The fraction of sp³-hybridized carbons (Fsp3) is 0.0217. The summed E-state index contributed by atoms with van der Waals surface area (Å²) in [5.41, 5.74) is 8.88. The zero-order valence-electron chi connectivity index (χ0n) is 27.6. The van der Waals surface area contributed by atoms with Gasteiger partial charge in [-0.15, -0.1) is 11.3 Å². The third-order valence-corrected chi connectivity index (χ3v) is 10.9. The van der Waals surface area contributed by atoms with Crippen molar-refractivity contribution in [3.63, 3.8) is 0 Å². The molecule has 240 valence electrons. The Morgan fingerprint density at radius 1 is 0.451 bits per heavy atom. The maximum absolute atomic E-state index is 5.11. The molecule has 0 fully saturated rings. The first-order valence-corrected chi connectivity index (χ1v) is 18.0. The lowest BCUT2D eigenvalue weighted by molar-refractivity contribution is 0.925. The van der Waals surface area contributed by atoms with E-state index >= 15 is 0 Å². The molecule has 0 radical (unpaired) electrons. The van der Waals surface area contributed by atoms with Crippen LogP contribution in [0.2, 0.25) is 0 Å². The van der Waals surface area contributed by atoms with E-state index in [9.17, 15) is 0 Å². The molecule has 0 bridgehead atoms. The molecule has 51 heavy (non-hydrogen) atoms. The summed E-state index contributed by atoms with van der Waals surface area (Å²) in [7, 11) is 0. The molecule has 10 rings (SSSR count). The van der Waals surface area contributed by atoms with Gasteiger partial charge in [-0.1, -0.05) is 140 Å². The lowest BCUT2D eigenvalue weighted by atomic mass is 9.99. The van der Waals surface area contributed by atoms with Crippen molar-refractivity contribution >= 4 is 53.3 Å². The first-order valence-electron chi connectivity index (χ1n) is 17.2. The van der Waals surface area contributed by atoms with E-state index in [-0.39, 0.29) is 0 Å². The van der Waals surface area contributed by atoms with Crippen LogP contribution in [0.4, 0.5) is 0 Å². The molecular weight excluding hydrogens is 641 g/mol. The van der Waals surface area contributed by atoms with Crippen molar-refractivity contribution in [3.05, 3.63) is 181 Å². The predicted molar refractivity (Wildman–Crippen MR) is 213 cm³/mol. The minimum atomic E-state index is 0.525. The number of nitrogens with zero attached hydrogens (tertiary/aromatic N) is 4. The third-order valence-electron chi connectivity index (χ3n) is 9.70. The van der Waals surface area contributed by atoms with Gasteiger partial charge in [0.25, 0.3) is 0 Å². The molecule has 7 aromatic carbocycles. The Bertz CT molecular complexity index is 2820. The maximum Gasteiger partial charge on any atom is 0.163 e. The summed E-state index contributed by atoms with van der Waals surface area (Å²) in [4.78, 5) is 15.2. The molecule has 0 amide bonds. The summed E-state index contributed by atoms with van der Waals surface area (Å²) in [5, 5.41) is 5.15. The number of benzene rings is 7. The van der Waals surface area contributed by atoms with Crippen LogP contribution in [-0.4, -0.2) is 19.5 Å². The molecule has 0 spiro atoms. The molecule has 0 saturated carbocycles. The minimum Gasteiger partial charge on any atom is -0.309 e. The van der Waals surface area contributed by atoms with Crippen LogP contribution in [-0.2, 0) is 6.42 Å². The zero-order chi connectivity index (χ0) is 33.7. The van der Waals surface area contributed by atoms with Crippen LogP contribution in [0.5, 0.6) is 0 Å². The quantitative estimate of drug-likeness (QED) is 0.177. The molecule has 0 N–H and O–H groups in total. The van der Waals surface area contributed by atoms with E-state index in [2.05, 4.69) is 138 Å². The van der Waals surface area contributed by atoms with Crippen LogP contribution in [0.3, 0.4) is 0 Å². The molecule has 0 aliphatic heterocycles. The number of rotatable bonds is 6. The average Bonchev–Trinajstić information content (AvgIpc) is 3.75. The molecule has 0 aliphatic rings. The van der Waals surface area contributed by atoms with Crippen molar-refractivity contribution in [2.75, 3.05) is 0 Å². The highest BCUT2D eigenvalue weighted by atomic mass is 32.1. The van der Waals surface area contributed by atoms with E-state index in [1.165, 1.54) is 47.5 Å². The van der Waals surface area contributed by atoms with Gasteiger partial charge in [0, 0.05) is 54.2 Å².